The van der Waals surface area contributed by atoms with Gasteiger partial charge in [0.05, 0.1) is 17.6 Å². The summed E-state index contributed by atoms with van der Waals surface area (Å²) in [6.45, 7) is 7.49. The molecule has 158 valence electrons. The van der Waals surface area contributed by atoms with Crippen LogP contribution in [0.25, 0.3) is 21.9 Å². The third-order valence-corrected chi connectivity index (χ3v) is 5.78. The van der Waals surface area contributed by atoms with Crippen LogP contribution in [-0.4, -0.2) is 36.0 Å². The number of amides is 1. The Hall–Kier alpha value is -3.09. The van der Waals surface area contributed by atoms with E-state index in [0.29, 0.717) is 5.39 Å². The Morgan fingerprint density at radius 2 is 2.00 bits per heavy atom. The summed E-state index contributed by atoms with van der Waals surface area (Å²) in [6.07, 6.45) is 4.54. The average molecular weight is 409 g/mol. The standard InChI is InChI=1S/C23H28N4O3/c1-14(27(22(29)30)23(2,3)4)19-11-15-7-6-8-18(16-12-24-25(5)13-16)20(15)21(28)26(19)17-9-10-17/h6-8,11-14,17H,9-10H2,1-5H3,(H,29,30)/t14-/m0/s1. The number of hydrogen-bond donors (Lipinski definition) is 1. The van der Waals surface area contributed by atoms with Crippen LogP contribution in [0.1, 0.15) is 58.3 Å². The van der Waals surface area contributed by atoms with Gasteiger partial charge in [-0.15, -0.1) is 0 Å². The number of pyridine rings is 1. The molecule has 3 aromatic rings. The molecular weight excluding hydrogens is 380 g/mol. The topological polar surface area (TPSA) is 80.4 Å². The summed E-state index contributed by atoms with van der Waals surface area (Å²) in [5, 5.41) is 15.6. The van der Waals surface area contributed by atoms with Gasteiger partial charge in [-0.3, -0.25) is 14.4 Å². The molecule has 7 heteroatoms. The summed E-state index contributed by atoms with van der Waals surface area (Å²) in [7, 11) is 1.85. The zero-order valence-electron chi connectivity index (χ0n) is 18.1. The summed E-state index contributed by atoms with van der Waals surface area (Å²) in [5.74, 6) is 0. The summed E-state index contributed by atoms with van der Waals surface area (Å²) in [6, 6.07) is 7.45. The minimum absolute atomic E-state index is 0.0597. The van der Waals surface area contributed by atoms with E-state index in [1.54, 1.807) is 10.9 Å². The molecule has 1 amide bonds. The first kappa shape index (κ1) is 20.2. The van der Waals surface area contributed by atoms with E-state index in [0.717, 1.165) is 35.0 Å². The third kappa shape index (κ3) is 3.38. The quantitative estimate of drug-likeness (QED) is 0.685. The lowest BCUT2D eigenvalue weighted by molar-refractivity contribution is 0.0726. The van der Waals surface area contributed by atoms with Gasteiger partial charge in [0.2, 0.25) is 0 Å². The Morgan fingerprint density at radius 3 is 2.53 bits per heavy atom. The SMILES string of the molecule is C[C@@H](c1cc2cccc(-c3cnn(C)c3)c2c(=O)n1C1CC1)N(C(=O)O)C(C)(C)C. The zero-order valence-corrected chi connectivity index (χ0v) is 18.1. The maximum atomic E-state index is 13.7. The van der Waals surface area contributed by atoms with E-state index >= 15 is 0 Å². The number of hydrogen-bond acceptors (Lipinski definition) is 3. The fraction of sp³-hybridized carbons (Fsp3) is 0.435. The molecule has 0 saturated heterocycles. The second-order valence-corrected chi connectivity index (χ2v) is 9.15. The first-order chi connectivity index (χ1) is 14.1. The number of aryl methyl sites for hydroxylation is 1. The predicted molar refractivity (Wildman–Crippen MR) is 117 cm³/mol. The maximum Gasteiger partial charge on any atom is 0.408 e. The number of nitrogens with zero attached hydrogens (tertiary/aromatic N) is 4. The van der Waals surface area contributed by atoms with Crippen LogP contribution in [0.5, 0.6) is 0 Å². The molecule has 7 nitrogen and oxygen atoms in total. The van der Waals surface area contributed by atoms with Crippen LogP contribution in [0.2, 0.25) is 0 Å². The molecule has 1 aliphatic carbocycles. The minimum atomic E-state index is -0.992. The molecule has 1 aliphatic rings. The molecule has 1 N–H and O–H groups in total. The highest BCUT2D eigenvalue weighted by molar-refractivity contribution is 5.96. The Bertz CT molecular complexity index is 1180. The monoisotopic (exact) mass is 408 g/mol. The van der Waals surface area contributed by atoms with E-state index in [1.165, 1.54) is 4.90 Å². The Kier molecular flexibility index (Phi) is 4.71. The predicted octanol–water partition coefficient (Wildman–Crippen LogP) is 4.58. The molecular formula is C23H28N4O3. The second kappa shape index (κ2) is 7.00. The molecule has 0 bridgehead atoms. The van der Waals surface area contributed by atoms with Gasteiger partial charge >= 0.3 is 6.09 Å². The number of benzene rings is 1. The Morgan fingerprint density at radius 1 is 1.30 bits per heavy atom. The fourth-order valence-electron chi connectivity index (χ4n) is 4.39. The van der Waals surface area contributed by atoms with Crippen LogP contribution in [0.3, 0.4) is 0 Å². The summed E-state index contributed by atoms with van der Waals surface area (Å²) in [4.78, 5) is 27.3. The lowest BCUT2D eigenvalue weighted by Crippen LogP contribution is -2.47. The van der Waals surface area contributed by atoms with Crippen LogP contribution in [0.4, 0.5) is 4.79 Å². The molecule has 1 atom stereocenters. The van der Waals surface area contributed by atoms with Crippen LogP contribution in [-0.2, 0) is 7.05 Å². The number of rotatable bonds is 4. The summed E-state index contributed by atoms with van der Waals surface area (Å²) in [5.41, 5.74) is 1.84. The van der Waals surface area contributed by atoms with Crippen molar-refractivity contribution in [3.63, 3.8) is 0 Å². The summed E-state index contributed by atoms with van der Waals surface area (Å²) >= 11 is 0. The summed E-state index contributed by atoms with van der Waals surface area (Å²) < 4.78 is 3.55. The van der Waals surface area contributed by atoms with Gasteiger partial charge < -0.3 is 9.67 Å². The highest BCUT2D eigenvalue weighted by Gasteiger charge is 2.36. The molecule has 0 aliphatic heterocycles. The van der Waals surface area contributed by atoms with Gasteiger partial charge in [-0.05, 0) is 57.6 Å². The van der Waals surface area contributed by atoms with Gasteiger partial charge in [0, 0.05) is 36.1 Å². The van der Waals surface area contributed by atoms with Gasteiger partial charge in [-0.2, -0.15) is 5.10 Å². The molecule has 30 heavy (non-hydrogen) atoms. The lowest BCUT2D eigenvalue weighted by atomic mass is 9.98. The minimum Gasteiger partial charge on any atom is -0.465 e. The van der Waals surface area contributed by atoms with Crippen molar-refractivity contribution >= 4 is 16.9 Å². The van der Waals surface area contributed by atoms with Crippen molar-refractivity contribution in [2.45, 2.75) is 58.2 Å². The number of carbonyl (C=O) groups is 1. The first-order valence-electron chi connectivity index (χ1n) is 10.3. The zero-order chi connectivity index (χ0) is 21.8. The molecule has 1 saturated carbocycles. The largest absolute Gasteiger partial charge is 0.465 e. The van der Waals surface area contributed by atoms with E-state index in [2.05, 4.69) is 5.10 Å². The molecule has 2 aromatic heterocycles. The van der Waals surface area contributed by atoms with Crippen LogP contribution in [0.15, 0.2) is 41.5 Å². The lowest BCUT2D eigenvalue weighted by Gasteiger charge is -2.39. The first-order valence-corrected chi connectivity index (χ1v) is 10.3. The fourth-order valence-corrected chi connectivity index (χ4v) is 4.39. The number of fused-ring (bicyclic) bond motifs is 1. The highest BCUT2D eigenvalue weighted by atomic mass is 16.4. The van der Waals surface area contributed by atoms with E-state index in [-0.39, 0.29) is 11.6 Å². The molecule has 1 fully saturated rings. The molecule has 0 spiro atoms. The smallest absolute Gasteiger partial charge is 0.408 e. The maximum absolute atomic E-state index is 13.7. The third-order valence-electron chi connectivity index (χ3n) is 5.78. The molecule has 2 heterocycles. The van der Waals surface area contributed by atoms with Crippen molar-refractivity contribution in [3.8, 4) is 11.1 Å². The molecule has 0 radical (unpaired) electrons. The van der Waals surface area contributed by atoms with Crippen molar-refractivity contribution in [1.82, 2.24) is 19.2 Å². The second-order valence-electron chi connectivity index (χ2n) is 9.15. The van der Waals surface area contributed by atoms with Gasteiger partial charge in [-0.25, -0.2) is 4.79 Å². The van der Waals surface area contributed by atoms with Gasteiger partial charge in [0.15, 0.2) is 0 Å². The Labute approximate surface area is 175 Å². The van der Waals surface area contributed by atoms with E-state index in [4.69, 9.17) is 0 Å². The van der Waals surface area contributed by atoms with Crippen molar-refractivity contribution in [1.29, 1.82) is 0 Å². The van der Waals surface area contributed by atoms with E-state index in [1.807, 2.05) is 69.8 Å². The highest BCUT2D eigenvalue weighted by Crippen LogP contribution is 2.39. The Balaban J connectivity index is 1.98. The van der Waals surface area contributed by atoms with Gasteiger partial charge in [0.25, 0.3) is 5.56 Å². The number of aromatic nitrogens is 3. The average Bonchev–Trinajstić information content (AvgIpc) is 3.39. The van der Waals surface area contributed by atoms with Crippen LogP contribution < -0.4 is 5.56 Å². The molecule has 0 unspecified atom stereocenters. The van der Waals surface area contributed by atoms with Gasteiger partial charge in [-0.1, -0.05) is 18.2 Å². The van der Waals surface area contributed by atoms with Crippen molar-refractivity contribution in [2.24, 2.45) is 7.05 Å². The number of carboxylic acid groups (broad SMARTS) is 1. The van der Waals surface area contributed by atoms with Gasteiger partial charge in [0.1, 0.15) is 0 Å². The van der Waals surface area contributed by atoms with Crippen molar-refractivity contribution in [3.05, 3.63) is 52.7 Å². The van der Waals surface area contributed by atoms with Crippen LogP contribution in [0, 0.1) is 0 Å². The van der Waals surface area contributed by atoms with Crippen molar-refractivity contribution < 1.29 is 9.90 Å². The van der Waals surface area contributed by atoms with Crippen molar-refractivity contribution in [2.75, 3.05) is 0 Å². The molecule has 4 rings (SSSR count). The normalized spacial score (nSPS) is 15.4. The van der Waals surface area contributed by atoms with E-state index < -0.39 is 17.7 Å². The van der Waals surface area contributed by atoms with E-state index in [9.17, 15) is 14.7 Å². The molecule has 1 aromatic carbocycles. The van der Waals surface area contributed by atoms with Crippen LogP contribution >= 0.6 is 0 Å².